The molecule has 2 fully saturated rings. The summed E-state index contributed by atoms with van der Waals surface area (Å²) < 4.78 is 0. The number of nitrogens with zero attached hydrogens (tertiary/aromatic N) is 3. The van der Waals surface area contributed by atoms with Gasteiger partial charge in [0.25, 0.3) is 0 Å². The van der Waals surface area contributed by atoms with E-state index in [1.165, 1.54) is 0 Å². The van der Waals surface area contributed by atoms with E-state index in [1.54, 1.807) is 16.8 Å². The van der Waals surface area contributed by atoms with Crippen LogP contribution in [0.3, 0.4) is 0 Å². The molecule has 0 aromatic carbocycles. The van der Waals surface area contributed by atoms with Gasteiger partial charge < -0.3 is 9.80 Å². The SMILES string of the molecule is CN1CCCN(C(=O)C2(C#N)CCCCC2)CC1=O. The number of carbonyl (C=O) groups is 2. The van der Waals surface area contributed by atoms with E-state index in [0.717, 1.165) is 25.7 Å². The monoisotopic (exact) mass is 263 g/mol. The van der Waals surface area contributed by atoms with Gasteiger partial charge in [0.05, 0.1) is 12.6 Å². The lowest BCUT2D eigenvalue weighted by Crippen LogP contribution is -2.47. The minimum Gasteiger partial charge on any atom is -0.344 e. The Labute approximate surface area is 114 Å². The van der Waals surface area contributed by atoms with Crippen molar-refractivity contribution in [2.45, 2.75) is 38.5 Å². The molecule has 19 heavy (non-hydrogen) atoms. The Kier molecular flexibility index (Phi) is 4.08. The molecule has 2 aliphatic rings. The third-order valence-electron chi connectivity index (χ3n) is 4.29. The van der Waals surface area contributed by atoms with Crippen molar-refractivity contribution in [1.82, 2.24) is 9.80 Å². The molecule has 0 radical (unpaired) electrons. The molecule has 5 heteroatoms. The summed E-state index contributed by atoms with van der Waals surface area (Å²) in [5, 5.41) is 9.44. The maximum Gasteiger partial charge on any atom is 0.243 e. The Morgan fingerprint density at radius 3 is 2.53 bits per heavy atom. The first kappa shape index (κ1) is 13.9. The summed E-state index contributed by atoms with van der Waals surface area (Å²) in [6, 6.07) is 2.24. The fraction of sp³-hybridized carbons (Fsp3) is 0.786. The summed E-state index contributed by atoms with van der Waals surface area (Å²) in [7, 11) is 1.76. The van der Waals surface area contributed by atoms with E-state index >= 15 is 0 Å². The van der Waals surface area contributed by atoms with Crippen LogP contribution < -0.4 is 0 Å². The zero-order chi connectivity index (χ0) is 13.9. The van der Waals surface area contributed by atoms with Crippen LogP contribution in [0.1, 0.15) is 38.5 Å². The smallest absolute Gasteiger partial charge is 0.243 e. The van der Waals surface area contributed by atoms with E-state index in [4.69, 9.17) is 0 Å². The van der Waals surface area contributed by atoms with Gasteiger partial charge in [-0.2, -0.15) is 5.26 Å². The van der Waals surface area contributed by atoms with E-state index in [0.29, 0.717) is 25.9 Å². The summed E-state index contributed by atoms with van der Waals surface area (Å²) >= 11 is 0. The largest absolute Gasteiger partial charge is 0.344 e. The Bertz CT molecular complexity index is 407. The normalized spacial score (nSPS) is 23.7. The van der Waals surface area contributed by atoms with E-state index < -0.39 is 5.41 Å². The summed E-state index contributed by atoms with van der Waals surface area (Å²) in [6.45, 7) is 1.39. The van der Waals surface area contributed by atoms with Gasteiger partial charge in [-0.1, -0.05) is 19.3 Å². The summed E-state index contributed by atoms with van der Waals surface area (Å²) in [5.41, 5.74) is -0.874. The fourth-order valence-electron chi connectivity index (χ4n) is 2.99. The lowest BCUT2D eigenvalue weighted by atomic mass is 9.74. The third-order valence-corrected chi connectivity index (χ3v) is 4.29. The fourth-order valence-corrected chi connectivity index (χ4v) is 2.99. The molecule has 0 aromatic heterocycles. The van der Waals surface area contributed by atoms with Crippen molar-refractivity contribution in [3.8, 4) is 6.07 Å². The van der Waals surface area contributed by atoms with Crippen molar-refractivity contribution in [3.05, 3.63) is 0 Å². The van der Waals surface area contributed by atoms with Gasteiger partial charge in [0, 0.05) is 20.1 Å². The van der Waals surface area contributed by atoms with Gasteiger partial charge in [0.1, 0.15) is 5.41 Å². The predicted octanol–water partition coefficient (Wildman–Crippen LogP) is 1.15. The Morgan fingerprint density at radius 1 is 1.21 bits per heavy atom. The number of carbonyl (C=O) groups excluding carboxylic acids is 2. The van der Waals surface area contributed by atoms with E-state index in [9.17, 15) is 14.9 Å². The molecule has 5 nitrogen and oxygen atoms in total. The van der Waals surface area contributed by atoms with E-state index in [-0.39, 0.29) is 18.4 Å². The number of nitriles is 1. The zero-order valence-corrected chi connectivity index (χ0v) is 11.5. The zero-order valence-electron chi connectivity index (χ0n) is 11.5. The molecular formula is C14H21N3O2. The highest BCUT2D eigenvalue weighted by Gasteiger charge is 2.43. The Balaban J connectivity index is 2.13. The number of rotatable bonds is 1. The van der Waals surface area contributed by atoms with Gasteiger partial charge in [-0.25, -0.2) is 0 Å². The lowest BCUT2D eigenvalue weighted by Gasteiger charge is -2.34. The number of hydrogen-bond donors (Lipinski definition) is 0. The molecule has 1 aliphatic carbocycles. The number of amides is 2. The summed E-state index contributed by atoms with van der Waals surface area (Å²) in [6.07, 6.45) is 5.03. The van der Waals surface area contributed by atoms with Crippen LogP contribution in [0, 0.1) is 16.7 Å². The van der Waals surface area contributed by atoms with Gasteiger partial charge in [0.2, 0.25) is 11.8 Å². The van der Waals surface area contributed by atoms with Crippen LogP contribution in [0.25, 0.3) is 0 Å². The predicted molar refractivity (Wildman–Crippen MR) is 70.0 cm³/mol. The van der Waals surface area contributed by atoms with Crippen LogP contribution in [0.4, 0.5) is 0 Å². The molecule has 0 bridgehead atoms. The molecular weight excluding hydrogens is 242 g/mol. The van der Waals surface area contributed by atoms with Crippen molar-refractivity contribution in [2.24, 2.45) is 5.41 Å². The average molecular weight is 263 g/mol. The van der Waals surface area contributed by atoms with Crippen LogP contribution in [-0.2, 0) is 9.59 Å². The molecule has 104 valence electrons. The first-order valence-corrected chi connectivity index (χ1v) is 7.04. The van der Waals surface area contributed by atoms with Crippen LogP contribution in [0.5, 0.6) is 0 Å². The first-order chi connectivity index (χ1) is 9.09. The van der Waals surface area contributed by atoms with Crippen LogP contribution >= 0.6 is 0 Å². The van der Waals surface area contributed by atoms with Gasteiger partial charge in [-0.15, -0.1) is 0 Å². The van der Waals surface area contributed by atoms with E-state index in [1.807, 2.05) is 0 Å². The molecule has 2 rings (SSSR count). The van der Waals surface area contributed by atoms with Crippen LogP contribution in [-0.4, -0.2) is 48.3 Å². The second-order valence-electron chi connectivity index (χ2n) is 5.65. The van der Waals surface area contributed by atoms with Crippen molar-refractivity contribution >= 4 is 11.8 Å². The van der Waals surface area contributed by atoms with Crippen molar-refractivity contribution in [2.75, 3.05) is 26.7 Å². The van der Waals surface area contributed by atoms with Gasteiger partial charge in [0.15, 0.2) is 0 Å². The molecule has 0 N–H and O–H groups in total. The highest BCUT2D eigenvalue weighted by Crippen LogP contribution is 2.37. The Hall–Kier alpha value is -1.57. The quantitative estimate of drug-likeness (QED) is 0.713. The number of likely N-dealkylation sites (N-methyl/N-ethyl adjacent to an activating group) is 1. The second kappa shape index (κ2) is 5.60. The van der Waals surface area contributed by atoms with Crippen LogP contribution in [0.15, 0.2) is 0 Å². The molecule has 0 spiro atoms. The maximum atomic E-state index is 12.6. The van der Waals surface area contributed by atoms with Gasteiger partial charge >= 0.3 is 0 Å². The summed E-state index contributed by atoms with van der Waals surface area (Å²) in [4.78, 5) is 27.8. The molecule has 0 atom stereocenters. The highest BCUT2D eigenvalue weighted by molar-refractivity contribution is 5.90. The van der Waals surface area contributed by atoms with Crippen molar-refractivity contribution in [1.29, 1.82) is 5.26 Å². The van der Waals surface area contributed by atoms with Crippen molar-refractivity contribution < 1.29 is 9.59 Å². The molecule has 1 heterocycles. The van der Waals surface area contributed by atoms with Gasteiger partial charge in [-0.05, 0) is 19.3 Å². The first-order valence-electron chi connectivity index (χ1n) is 7.04. The third kappa shape index (κ3) is 2.73. The standard InChI is InChI=1S/C14H21N3O2/c1-16-8-5-9-17(10-12(16)18)13(19)14(11-15)6-3-2-4-7-14/h2-10H2,1H3. The highest BCUT2D eigenvalue weighted by atomic mass is 16.2. The minimum absolute atomic E-state index is 0.0326. The summed E-state index contributed by atoms with van der Waals surface area (Å²) in [5.74, 6) is -0.159. The van der Waals surface area contributed by atoms with Crippen molar-refractivity contribution in [3.63, 3.8) is 0 Å². The molecule has 0 aromatic rings. The lowest BCUT2D eigenvalue weighted by molar-refractivity contribution is -0.144. The Morgan fingerprint density at radius 2 is 1.89 bits per heavy atom. The molecule has 1 saturated carbocycles. The van der Waals surface area contributed by atoms with Crippen LogP contribution in [0.2, 0.25) is 0 Å². The molecule has 0 unspecified atom stereocenters. The minimum atomic E-state index is -0.874. The molecule has 1 aliphatic heterocycles. The topological polar surface area (TPSA) is 64.4 Å². The average Bonchev–Trinajstić information content (AvgIpc) is 2.61. The number of hydrogen-bond acceptors (Lipinski definition) is 3. The van der Waals surface area contributed by atoms with Gasteiger partial charge in [-0.3, -0.25) is 9.59 Å². The second-order valence-corrected chi connectivity index (χ2v) is 5.65. The van der Waals surface area contributed by atoms with E-state index in [2.05, 4.69) is 6.07 Å². The maximum absolute atomic E-state index is 12.6. The molecule has 1 saturated heterocycles. The molecule has 2 amide bonds.